The lowest BCUT2D eigenvalue weighted by Crippen LogP contribution is -2.25. The van der Waals surface area contributed by atoms with Crippen LogP contribution >= 0.6 is 0 Å². The summed E-state index contributed by atoms with van der Waals surface area (Å²) in [6.45, 7) is 3.57. The van der Waals surface area contributed by atoms with Crippen LogP contribution in [0.3, 0.4) is 0 Å². The number of hydrogen-bond acceptors (Lipinski definition) is 3. The van der Waals surface area contributed by atoms with E-state index < -0.39 is 6.09 Å². The second-order valence-electron chi connectivity index (χ2n) is 3.06. The van der Waals surface area contributed by atoms with Gasteiger partial charge in [0.05, 0.1) is 0 Å². The Hall–Kier alpha value is -2.36. The highest BCUT2D eigenvalue weighted by Crippen LogP contribution is 2.08. The Morgan fingerprint density at radius 2 is 2.12 bits per heavy atom. The molecule has 1 aromatic rings. The standard InChI is InChI=1S/C13H14N2O2/c1-3-11(9-10-14-2)15-13(16)17-12-7-5-4-6-8-12/h3-10H,1H2,2H3,(H,15,16)/b11-9+,14-10?. The number of carbonyl (C=O) groups is 1. The number of hydrogen-bond donors (Lipinski definition) is 1. The molecule has 4 nitrogen and oxygen atoms in total. The first kappa shape index (κ1) is 12.7. The van der Waals surface area contributed by atoms with E-state index in [-0.39, 0.29) is 0 Å². The Bertz CT molecular complexity index is 436. The quantitative estimate of drug-likeness (QED) is 0.638. The zero-order valence-corrected chi connectivity index (χ0v) is 9.59. The first-order valence-electron chi connectivity index (χ1n) is 5.05. The van der Waals surface area contributed by atoms with Gasteiger partial charge in [-0.1, -0.05) is 24.8 Å². The number of benzene rings is 1. The first-order valence-corrected chi connectivity index (χ1v) is 5.05. The number of ether oxygens (including phenoxy) is 1. The van der Waals surface area contributed by atoms with Crippen molar-refractivity contribution >= 4 is 12.3 Å². The molecule has 17 heavy (non-hydrogen) atoms. The van der Waals surface area contributed by atoms with Gasteiger partial charge >= 0.3 is 6.09 Å². The molecule has 88 valence electrons. The SMILES string of the molecule is C=C/C(=C\C=NC)NC(=O)Oc1ccccc1. The third-order valence-corrected chi connectivity index (χ3v) is 1.82. The molecule has 0 unspecified atom stereocenters. The van der Waals surface area contributed by atoms with Gasteiger partial charge in [0.25, 0.3) is 0 Å². The van der Waals surface area contributed by atoms with Crippen molar-refractivity contribution in [2.75, 3.05) is 7.05 Å². The molecule has 0 aliphatic heterocycles. The maximum atomic E-state index is 11.5. The van der Waals surface area contributed by atoms with E-state index in [0.29, 0.717) is 11.4 Å². The van der Waals surface area contributed by atoms with E-state index in [9.17, 15) is 4.79 Å². The minimum atomic E-state index is -0.563. The van der Waals surface area contributed by atoms with Crippen LogP contribution in [0.15, 0.2) is 59.8 Å². The van der Waals surface area contributed by atoms with Gasteiger partial charge in [-0.2, -0.15) is 0 Å². The summed E-state index contributed by atoms with van der Waals surface area (Å²) in [7, 11) is 1.64. The number of nitrogens with one attached hydrogen (secondary N) is 1. The van der Waals surface area contributed by atoms with Crippen LogP contribution in [0.4, 0.5) is 4.79 Å². The van der Waals surface area contributed by atoms with Gasteiger partial charge in [-0.15, -0.1) is 0 Å². The van der Waals surface area contributed by atoms with E-state index in [1.165, 1.54) is 6.08 Å². The van der Waals surface area contributed by atoms with Gasteiger partial charge < -0.3 is 4.74 Å². The van der Waals surface area contributed by atoms with Crippen LogP contribution in [-0.4, -0.2) is 19.4 Å². The van der Waals surface area contributed by atoms with E-state index in [1.807, 2.05) is 6.07 Å². The van der Waals surface area contributed by atoms with Crippen LogP contribution in [-0.2, 0) is 0 Å². The maximum Gasteiger partial charge on any atom is 0.417 e. The summed E-state index contributed by atoms with van der Waals surface area (Å²) < 4.78 is 5.04. The molecule has 0 radical (unpaired) electrons. The Labute approximate surface area is 100 Å². The average molecular weight is 230 g/mol. The summed E-state index contributed by atoms with van der Waals surface area (Å²) in [6.07, 6.45) is 4.12. The molecule has 0 aromatic heterocycles. The third kappa shape index (κ3) is 4.79. The Morgan fingerprint density at radius 3 is 2.71 bits per heavy atom. The van der Waals surface area contributed by atoms with E-state index in [2.05, 4.69) is 16.9 Å². The number of amides is 1. The van der Waals surface area contributed by atoms with Gasteiger partial charge in [-0.3, -0.25) is 10.3 Å². The fourth-order valence-corrected chi connectivity index (χ4v) is 1.05. The van der Waals surface area contributed by atoms with Crippen LogP contribution < -0.4 is 10.1 Å². The predicted molar refractivity (Wildman–Crippen MR) is 68.3 cm³/mol. The molecule has 1 amide bonds. The number of para-hydroxylation sites is 1. The molecular formula is C13H14N2O2. The number of carbonyl (C=O) groups excluding carboxylic acids is 1. The molecule has 0 spiro atoms. The van der Waals surface area contributed by atoms with Gasteiger partial charge in [0.1, 0.15) is 5.75 Å². The van der Waals surface area contributed by atoms with Crippen LogP contribution in [0.1, 0.15) is 0 Å². The van der Waals surface area contributed by atoms with Crippen molar-refractivity contribution in [3.8, 4) is 5.75 Å². The summed E-state index contributed by atoms with van der Waals surface area (Å²) in [4.78, 5) is 15.3. The second kappa shape index (κ2) is 7.00. The van der Waals surface area contributed by atoms with Crippen molar-refractivity contribution in [1.82, 2.24) is 5.32 Å². The summed E-state index contributed by atoms with van der Waals surface area (Å²) >= 11 is 0. The molecule has 0 aliphatic rings. The molecule has 0 heterocycles. The minimum Gasteiger partial charge on any atom is -0.410 e. The minimum absolute atomic E-state index is 0.484. The lowest BCUT2D eigenvalue weighted by Gasteiger charge is -2.06. The lowest BCUT2D eigenvalue weighted by molar-refractivity contribution is 0.204. The summed E-state index contributed by atoms with van der Waals surface area (Å²) in [5.41, 5.74) is 0.525. The molecule has 1 N–H and O–H groups in total. The predicted octanol–water partition coefficient (Wildman–Crippen LogP) is 2.55. The second-order valence-corrected chi connectivity index (χ2v) is 3.06. The van der Waals surface area contributed by atoms with Crippen LogP contribution in [0.5, 0.6) is 5.75 Å². The maximum absolute atomic E-state index is 11.5. The molecule has 0 saturated heterocycles. The normalized spacial score (nSPS) is 11.2. The van der Waals surface area contributed by atoms with E-state index >= 15 is 0 Å². The fraction of sp³-hybridized carbons (Fsp3) is 0.0769. The number of aliphatic imine (C=N–C) groups is 1. The van der Waals surface area contributed by atoms with Gasteiger partial charge in [-0.05, 0) is 24.3 Å². The van der Waals surface area contributed by atoms with Crippen molar-refractivity contribution in [3.63, 3.8) is 0 Å². The molecule has 4 heteroatoms. The molecule has 1 rings (SSSR count). The largest absolute Gasteiger partial charge is 0.417 e. The Balaban J connectivity index is 2.57. The van der Waals surface area contributed by atoms with Crippen molar-refractivity contribution in [1.29, 1.82) is 0 Å². The highest BCUT2D eigenvalue weighted by Gasteiger charge is 2.03. The first-order chi connectivity index (χ1) is 8.26. The lowest BCUT2D eigenvalue weighted by atomic mass is 10.3. The molecular weight excluding hydrogens is 216 g/mol. The summed E-state index contributed by atoms with van der Waals surface area (Å²) in [6, 6.07) is 8.82. The van der Waals surface area contributed by atoms with Crippen LogP contribution in [0.2, 0.25) is 0 Å². The highest BCUT2D eigenvalue weighted by atomic mass is 16.6. The monoisotopic (exact) mass is 230 g/mol. The van der Waals surface area contributed by atoms with Crippen LogP contribution in [0, 0.1) is 0 Å². The van der Waals surface area contributed by atoms with Gasteiger partial charge in [-0.25, -0.2) is 4.79 Å². The van der Waals surface area contributed by atoms with E-state index in [0.717, 1.165) is 0 Å². The molecule has 0 aliphatic carbocycles. The summed E-state index contributed by atoms with van der Waals surface area (Å²) in [5.74, 6) is 0.484. The number of allylic oxidation sites excluding steroid dienone is 2. The van der Waals surface area contributed by atoms with Crippen molar-refractivity contribution in [2.45, 2.75) is 0 Å². The zero-order chi connectivity index (χ0) is 12.5. The van der Waals surface area contributed by atoms with Crippen molar-refractivity contribution in [2.24, 2.45) is 4.99 Å². The summed E-state index contributed by atoms with van der Waals surface area (Å²) in [5, 5.41) is 2.54. The van der Waals surface area contributed by atoms with E-state index in [4.69, 9.17) is 4.74 Å². The van der Waals surface area contributed by atoms with Crippen molar-refractivity contribution < 1.29 is 9.53 Å². The van der Waals surface area contributed by atoms with Crippen LogP contribution in [0.25, 0.3) is 0 Å². The van der Waals surface area contributed by atoms with Gasteiger partial charge in [0.2, 0.25) is 0 Å². The fourth-order valence-electron chi connectivity index (χ4n) is 1.05. The molecule has 0 bridgehead atoms. The van der Waals surface area contributed by atoms with Gasteiger partial charge in [0, 0.05) is 19.0 Å². The Morgan fingerprint density at radius 1 is 1.41 bits per heavy atom. The van der Waals surface area contributed by atoms with E-state index in [1.54, 1.807) is 43.6 Å². The number of nitrogens with zero attached hydrogens (tertiary/aromatic N) is 1. The smallest absolute Gasteiger partial charge is 0.410 e. The number of rotatable bonds is 4. The zero-order valence-electron chi connectivity index (χ0n) is 9.59. The Kier molecular flexibility index (Phi) is 5.24. The molecule has 0 atom stereocenters. The third-order valence-electron chi connectivity index (χ3n) is 1.82. The topological polar surface area (TPSA) is 50.7 Å². The highest BCUT2D eigenvalue weighted by molar-refractivity contribution is 5.77. The van der Waals surface area contributed by atoms with Gasteiger partial charge in [0.15, 0.2) is 0 Å². The molecule has 1 aromatic carbocycles. The average Bonchev–Trinajstić information content (AvgIpc) is 2.35. The molecule has 0 fully saturated rings. The van der Waals surface area contributed by atoms with Crippen molar-refractivity contribution in [3.05, 3.63) is 54.8 Å². The molecule has 0 saturated carbocycles.